The van der Waals surface area contributed by atoms with E-state index in [1.165, 1.54) is 5.56 Å². The SMILES string of the molecule is CCCNCc1ccc(COc2ncn(C)n2)cc1. The molecule has 0 spiro atoms. The lowest BCUT2D eigenvalue weighted by atomic mass is 10.1. The molecule has 0 aliphatic heterocycles. The Morgan fingerprint density at radius 1 is 1.21 bits per heavy atom. The summed E-state index contributed by atoms with van der Waals surface area (Å²) in [6, 6.07) is 8.80. The molecular formula is C14H20N4O. The van der Waals surface area contributed by atoms with Crippen molar-refractivity contribution >= 4 is 0 Å². The lowest BCUT2D eigenvalue weighted by molar-refractivity contribution is 0.280. The van der Waals surface area contributed by atoms with Crippen LogP contribution in [0.25, 0.3) is 0 Å². The number of nitrogens with one attached hydrogen (secondary N) is 1. The number of ether oxygens (including phenoxy) is 1. The largest absolute Gasteiger partial charge is 0.458 e. The molecule has 0 amide bonds. The molecule has 2 aromatic rings. The summed E-state index contributed by atoms with van der Waals surface area (Å²) in [6.45, 7) is 4.62. The highest BCUT2D eigenvalue weighted by atomic mass is 16.5. The molecule has 0 aliphatic carbocycles. The third kappa shape index (κ3) is 4.37. The van der Waals surface area contributed by atoms with Crippen molar-refractivity contribution in [2.75, 3.05) is 6.54 Å². The first-order chi connectivity index (χ1) is 9.28. The fourth-order valence-corrected chi connectivity index (χ4v) is 1.70. The molecule has 0 saturated carbocycles. The van der Waals surface area contributed by atoms with Gasteiger partial charge >= 0.3 is 6.01 Å². The van der Waals surface area contributed by atoms with Crippen molar-refractivity contribution in [3.05, 3.63) is 41.7 Å². The Morgan fingerprint density at radius 3 is 2.58 bits per heavy atom. The normalized spacial score (nSPS) is 10.6. The van der Waals surface area contributed by atoms with E-state index >= 15 is 0 Å². The fourth-order valence-electron chi connectivity index (χ4n) is 1.70. The predicted molar refractivity (Wildman–Crippen MR) is 73.8 cm³/mol. The standard InChI is InChI=1S/C14H20N4O/c1-3-8-15-9-12-4-6-13(7-5-12)10-19-14-16-11-18(2)17-14/h4-7,11,15H,3,8-10H2,1-2H3. The highest BCUT2D eigenvalue weighted by Crippen LogP contribution is 2.08. The molecule has 1 heterocycles. The van der Waals surface area contributed by atoms with Gasteiger partial charge in [0, 0.05) is 13.6 Å². The number of rotatable bonds is 7. The third-order valence-electron chi connectivity index (χ3n) is 2.73. The highest BCUT2D eigenvalue weighted by Gasteiger charge is 2.00. The molecule has 19 heavy (non-hydrogen) atoms. The molecule has 5 nitrogen and oxygen atoms in total. The average molecular weight is 260 g/mol. The van der Waals surface area contributed by atoms with E-state index in [0.717, 1.165) is 25.1 Å². The van der Waals surface area contributed by atoms with Crippen LogP contribution in [0.5, 0.6) is 6.01 Å². The molecule has 5 heteroatoms. The second-order valence-electron chi connectivity index (χ2n) is 4.48. The van der Waals surface area contributed by atoms with Crippen molar-refractivity contribution in [1.82, 2.24) is 20.1 Å². The summed E-state index contributed by atoms with van der Waals surface area (Å²) >= 11 is 0. The molecule has 2 rings (SSSR count). The zero-order valence-electron chi connectivity index (χ0n) is 11.5. The minimum atomic E-state index is 0.413. The zero-order chi connectivity index (χ0) is 13.5. The third-order valence-corrected chi connectivity index (χ3v) is 2.73. The number of benzene rings is 1. The van der Waals surface area contributed by atoms with Gasteiger partial charge in [0.05, 0.1) is 0 Å². The van der Waals surface area contributed by atoms with Crippen molar-refractivity contribution in [1.29, 1.82) is 0 Å². The van der Waals surface area contributed by atoms with E-state index in [2.05, 4.69) is 46.6 Å². The van der Waals surface area contributed by atoms with Gasteiger partial charge in [-0.25, -0.2) is 0 Å². The van der Waals surface area contributed by atoms with Crippen LogP contribution in [-0.4, -0.2) is 21.3 Å². The summed E-state index contributed by atoms with van der Waals surface area (Å²) in [7, 11) is 1.82. The van der Waals surface area contributed by atoms with Crippen LogP contribution < -0.4 is 10.1 Å². The van der Waals surface area contributed by atoms with Crippen LogP contribution in [0.4, 0.5) is 0 Å². The van der Waals surface area contributed by atoms with E-state index in [9.17, 15) is 0 Å². The predicted octanol–water partition coefficient (Wildman–Crippen LogP) is 1.89. The van der Waals surface area contributed by atoms with Gasteiger partial charge in [-0.2, -0.15) is 4.98 Å². The van der Waals surface area contributed by atoms with Crippen molar-refractivity contribution in [3.8, 4) is 6.01 Å². The first-order valence-electron chi connectivity index (χ1n) is 6.55. The first-order valence-corrected chi connectivity index (χ1v) is 6.55. The monoisotopic (exact) mass is 260 g/mol. The van der Waals surface area contributed by atoms with E-state index in [-0.39, 0.29) is 0 Å². The van der Waals surface area contributed by atoms with Crippen molar-refractivity contribution in [2.45, 2.75) is 26.5 Å². The minimum absolute atomic E-state index is 0.413. The number of hydrogen-bond donors (Lipinski definition) is 1. The molecule has 0 bridgehead atoms. The van der Waals surface area contributed by atoms with Gasteiger partial charge in [-0.15, -0.1) is 5.10 Å². The maximum atomic E-state index is 5.49. The lowest BCUT2D eigenvalue weighted by Crippen LogP contribution is -2.13. The van der Waals surface area contributed by atoms with Crippen LogP contribution in [-0.2, 0) is 20.2 Å². The van der Waals surface area contributed by atoms with Gasteiger partial charge in [-0.1, -0.05) is 31.2 Å². The molecule has 0 atom stereocenters. The molecule has 0 fully saturated rings. The van der Waals surface area contributed by atoms with Gasteiger partial charge in [0.15, 0.2) is 0 Å². The van der Waals surface area contributed by atoms with Gasteiger partial charge < -0.3 is 10.1 Å². The second kappa shape index (κ2) is 6.89. The number of aryl methyl sites for hydroxylation is 1. The molecule has 1 aromatic carbocycles. The Hall–Kier alpha value is -1.88. The summed E-state index contributed by atoms with van der Waals surface area (Å²) in [5.41, 5.74) is 2.40. The van der Waals surface area contributed by atoms with Gasteiger partial charge in [-0.3, -0.25) is 4.68 Å². The Morgan fingerprint density at radius 2 is 1.95 bits per heavy atom. The molecule has 0 unspecified atom stereocenters. The topological polar surface area (TPSA) is 52.0 Å². The summed E-state index contributed by atoms with van der Waals surface area (Å²) in [4.78, 5) is 4.02. The average Bonchev–Trinajstić information content (AvgIpc) is 2.84. The Bertz CT molecular complexity index is 492. The maximum Gasteiger partial charge on any atom is 0.335 e. The Labute approximate surface area is 113 Å². The lowest BCUT2D eigenvalue weighted by Gasteiger charge is -2.05. The van der Waals surface area contributed by atoms with E-state index in [1.807, 2.05) is 7.05 Å². The van der Waals surface area contributed by atoms with E-state index in [4.69, 9.17) is 4.74 Å². The fraction of sp³-hybridized carbons (Fsp3) is 0.429. The minimum Gasteiger partial charge on any atom is -0.458 e. The van der Waals surface area contributed by atoms with Crippen molar-refractivity contribution < 1.29 is 4.74 Å². The molecule has 0 aliphatic rings. The van der Waals surface area contributed by atoms with E-state index in [0.29, 0.717) is 12.6 Å². The number of hydrogen-bond acceptors (Lipinski definition) is 4. The Balaban J connectivity index is 1.81. The van der Waals surface area contributed by atoms with E-state index in [1.54, 1.807) is 11.0 Å². The summed E-state index contributed by atoms with van der Waals surface area (Å²) in [5.74, 6) is 0. The summed E-state index contributed by atoms with van der Waals surface area (Å²) < 4.78 is 7.12. The number of aromatic nitrogens is 3. The van der Waals surface area contributed by atoms with Crippen LogP contribution in [0.15, 0.2) is 30.6 Å². The van der Waals surface area contributed by atoms with Crippen molar-refractivity contribution in [2.24, 2.45) is 7.05 Å². The zero-order valence-corrected chi connectivity index (χ0v) is 11.5. The molecule has 0 radical (unpaired) electrons. The van der Waals surface area contributed by atoms with Crippen LogP contribution in [0.1, 0.15) is 24.5 Å². The van der Waals surface area contributed by atoms with Gasteiger partial charge in [0.2, 0.25) is 0 Å². The van der Waals surface area contributed by atoms with Crippen LogP contribution in [0.3, 0.4) is 0 Å². The first kappa shape index (κ1) is 13.5. The molecule has 0 saturated heterocycles. The molecule has 1 N–H and O–H groups in total. The van der Waals surface area contributed by atoms with Gasteiger partial charge in [-0.05, 0) is 24.1 Å². The smallest absolute Gasteiger partial charge is 0.335 e. The molecule has 102 valence electrons. The quantitative estimate of drug-likeness (QED) is 0.772. The summed E-state index contributed by atoms with van der Waals surface area (Å²) in [6.07, 6.45) is 2.78. The van der Waals surface area contributed by atoms with Crippen LogP contribution in [0.2, 0.25) is 0 Å². The van der Waals surface area contributed by atoms with E-state index < -0.39 is 0 Å². The molecule has 1 aromatic heterocycles. The summed E-state index contributed by atoms with van der Waals surface area (Å²) in [5, 5.41) is 7.44. The van der Waals surface area contributed by atoms with Gasteiger partial charge in [0.25, 0.3) is 0 Å². The maximum absolute atomic E-state index is 5.49. The van der Waals surface area contributed by atoms with Crippen molar-refractivity contribution in [3.63, 3.8) is 0 Å². The number of nitrogens with zero attached hydrogens (tertiary/aromatic N) is 3. The molecular weight excluding hydrogens is 240 g/mol. The van der Waals surface area contributed by atoms with Crippen LogP contribution in [0, 0.1) is 0 Å². The van der Waals surface area contributed by atoms with Gasteiger partial charge in [0.1, 0.15) is 12.9 Å². The highest BCUT2D eigenvalue weighted by molar-refractivity contribution is 5.22. The second-order valence-corrected chi connectivity index (χ2v) is 4.48. The van der Waals surface area contributed by atoms with Crippen LogP contribution >= 0.6 is 0 Å². The Kier molecular flexibility index (Phi) is 4.92.